The molecule has 27 heavy (non-hydrogen) atoms. The van der Waals surface area contributed by atoms with E-state index in [-0.39, 0.29) is 0 Å². The highest BCUT2D eigenvalue weighted by atomic mass is 32.2. The number of H-pyrrole nitrogens is 1. The van der Waals surface area contributed by atoms with Gasteiger partial charge in [-0.1, -0.05) is 46.4 Å². The lowest BCUT2D eigenvalue weighted by molar-refractivity contribution is -0.620. The van der Waals surface area contributed by atoms with E-state index in [1.165, 1.54) is 11.8 Å². The average Bonchev–Trinajstić information content (AvgIpc) is 3.27. The number of aryl methyl sites for hydroxylation is 2. The van der Waals surface area contributed by atoms with Gasteiger partial charge in [0.1, 0.15) is 5.69 Å². The molecule has 0 amide bonds. The Kier molecular flexibility index (Phi) is 3.64. The summed E-state index contributed by atoms with van der Waals surface area (Å²) in [5.41, 5.74) is 1.80. The molecule has 5 aromatic rings. The fourth-order valence-corrected chi connectivity index (χ4v) is 3.86. The van der Waals surface area contributed by atoms with Crippen molar-refractivity contribution in [2.45, 2.75) is 24.1 Å². The van der Waals surface area contributed by atoms with Crippen LogP contribution in [0.4, 0.5) is 0 Å². The summed E-state index contributed by atoms with van der Waals surface area (Å²) in [5.74, 6) is 1.91. The molecule has 3 aromatic heterocycles. The Morgan fingerprint density at radius 3 is 2.78 bits per heavy atom. The van der Waals surface area contributed by atoms with E-state index in [4.69, 9.17) is 4.42 Å². The number of benzene rings is 2. The second kappa shape index (κ2) is 6.17. The molecule has 3 heterocycles. The number of aromatic nitrogens is 6. The van der Waals surface area contributed by atoms with Gasteiger partial charge in [0.15, 0.2) is 5.03 Å². The van der Waals surface area contributed by atoms with Crippen LogP contribution < -0.4 is 4.52 Å². The molecule has 2 aromatic carbocycles. The van der Waals surface area contributed by atoms with E-state index >= 15 is 0 Å². The molecular formula is C19H15N6OS+. The minimum absolute atomic E-state index is 0.463. The normalized spacial score (nSPS) is 11.5. The summed E-state index contributed by atoms with van der Waals surface area (Å²) in [4.78, 5) is 8.81. The number of rotatable bonds is 3. The van der Waals surface area contributed by atoms with Crippen LogP contribution in [-0.4, -0.2) is 25.3 Å². The predicted molar refractivity (Wildman–Crippen MR) is 100 cm³/mol. The molecule has 0 aliphatic rings. The van der Waals surface area contributed by atoms with Gasteiger partial charge in [0.05, 0.1) is 0 Å². The molecular weight excluding hydrogens is 360 g/mol. The average molecular weight is 375 g/mol. The van der Waals surface area contributed by atoms with Crippen molar-refractivity contribution in [1.29, 1.82) is 0 Å². The lowest BCUT2D eigenvalue weighted by atomic mass is 10.0. The minimum Gasteiger partial charge on any atom is -0.411 e. The van der Waals surface area contributed by atoms with Crippen molar-refractivity contribution in [2.24, 2.45) is 0 Å². The molecule has 8 heteroatoms. The molecule has 0 unspecified atom stereocenters. The van der Waals surface area contributed by atoms with Gasteiger partial charge in [-0.25, -0.2) is 5.10 Å². The van der Waals surface area contributed by atoms with E-state index in [1.807, 2.05) is 48.7 Å². The smallest absolute Gasteiger partial charge is 0.411 e. The fraction of sp³-hybridized carbons (Fsp3) is 0.105. The first kappa shape index (κ1) is 16.0. The largest absolute Gasteiger partial charge is 0.458 e. The van der Waals surface area contributed by atoms with E-state index in [1.54, 1.807) is 0 Å². The molecule has 0 aliphatic heterocycles. The topological polar surface area (TPSA) is 84.6 Å². The maximum Gasteiger partial charge on any atom is 0.458 e. The number of aromatic amines is 1. The molecule has 7 nitrogen and oxygen atoms in total. The molecule has 0 saturated carbocycles. The highest BCUT2D eigenvalue weighted by molar-refractivity contribution is 7.98. The van der Waals surface area contributed by atoms with Crippen molar-refractivity contribution >= 4 is 28.3 Å². The standard InChI is InChI=1S/C19H14N6OS/c1-11-10-16(25-18(20-11)21-12(2)24-25)27-19-23-22-17(26-19)15-9-5-7-13-6-3-4-8-14(13)15/h3-10H,1-2H3/p+1. The molecule has 0 saturated heterocycles. The lowest BCUT2D eigenvalue weighted by Gasteiger charge is -2.01. The van der Waals surface area contributed by atoms with Gasteiger partial charge >= 0.3 is 5.78 Å². The Morgan fingerprint density at radius 2 is 1.85 bits per heavy atom. The molecule has 0 radical (unpaired) electrons. The molecule has 0 atom stereocenters. The monoisotopic (exact) mass is 375 g/mol. The van der Waals surface area contributed by atoms with Crippen LogP contribution in [-0.2, 0) is 0 Å². The Labute approximate surface area is 158 Å². The van der Waals surface area contributed by atoms with Crippen LogP contribution in [0, 0.1) is 13.8 Å². The zero-order valence-electron chi connectivity index (χ0n) is 14.7. The maximum absolute atomic E-state index is 5.95. The molecule has 0 bridgehead atoms. The van der Waals surface area contributed by atoms with Gasteiger partial charge < -0.3 is 4.42 Å². The third kappa shape index (κ3) is 2.83. The van der Waals surface area contributed by atoms with Gasteiger partial charge in [-0.05, 0) is 23.8 Å². The minimum atomic E-state index is 0.463. The Hall–Kier alpha value is -3.26. The van der Waals surface area contributed by atoms with Crippen LogP contribution in [0.1, 0.15) is 11.5 Å². The first-order valence-corrected chi connectivity index (χ1v) is 9.24. The highest BCUT2D eigenvalue weighted by Crippen LogP contribution is 2.31. The van der Waals surface area contributed by atoms with Gasteiger partial charge in [0.25, 0.3) is 5.22 Å². The summed E-state index contributed by atoms with van der Waals surface area (Å²) in [6.45, 7) is 3.83. The van der Waals surface area contributed by atoms with Crippen molar-refractivity contribution in [2.75, 3.05) is 0 Å². The van der Waals surface area contributed by atoms with Crippen LogP contribution in [0.2, 0.25) is 0 Å². The summed E-state index contributed by atoms with van der Waals surface area (Å²) < 4.78 is 7.76. The van der Waals surface area contributed by atoms with Crippen molar-refractivity contribution in [1.82, 2.24) is 25.3 Å². The van der Waals surface area contributed by atoms with Gasteiger partial charge in [-0.3, -0.25) is 0 Å². The van der Waals surface area contributed by atoms with Crippen molar-refractivity contribution < 1.29 is 8.93 Å². The van der Waals surface area contributed by atoms with E-state index in [9.17, 15) is 0 Å². The van der Waals surface area contributed by atoms with Crippen molar-refractivity contribution in [3.63, 3.8) is 0 Å². The van der Waals surface area contributed by atoms with E-state index in [0.717, 1.165) is 32.9 Å². The third-order valence-corrected chi connectivity index (χ3v) is 5.04. The first-order valence-electron chi connectivity index (χ1n) is 8.43. The van der Waals surface area contributed by atoms with Gasteiger partial charge in [-0.2, -0.15) is 0 Å². The molecule has 1 N–H and O–H groups in total. The second-order valence-corrected chi connectivity index (χ2v) is 7.15. The predicted octanol–water partition coefficient (Wildman–Crippen LogP) is 3.51. The summed E-state index contributed by atoms with van der Waals surface area (Å²) in [7, 11) is 0. The zero-order chi connectivity index (χ0) is 18.4. The SMILES string of the molecule is Cc1cc(Sc2nnc(-c3cccc4ccccc34)o2)[n+]2[nH]c(C)nc2n1. The van der Waals surface area contributed by atoms with Gasteiger partial charge in [0.2, 0.25) is 11.7 Å². The first-order chi connectivity index (χ1) is 13.2. The summed E-state index contributed by atoms with van der Waals surface area (Å²) in [6.07, 6.45) is 0. The van der Waals surface area contributed by atoms with E-state index < -0.39 is 0 Å². The molecule has 0 spiro atoms. The Balaban J connectivity index is 1.55. The van der Waals surface area contributed by atoms with Gasteiger partial charge in [0, 0.05) is 30.3 Å². The second-order valence-electron chi connectivity index (χ2n) is 6.18. The fourth-order valence-electron chi connectivity index (χ4n) is 3.04. The van der Waals surface area contributed by atoms with Crippen molar-refractivity contribution in [3.8, 4) is 11.5 Å². The summed E-state index contributed by atoms with van der Waals surface area (Å²) in [6, 6.07) is 16.2. The van der Waals surface area contributed by atoms with E-state index in [2.05, 4.69) is 43.5 Å². The summed E-state index contributed by atoms with van der Waals surface area (Å²) >= 11 is 1.38. The van der Waals surface area contributed by atoms with Crippen LogP contribution in [0.3, 0.4) is 0 Å². The van der Waals surface area contributed by atoms with Crippen LogP contribution >= 0.6 is 11.8 Å². The summed E-state index contributed by atoms with van der Waals surface area (Å²) in [5, 5.41) is 15.2. The van der Waals surface area contributed by atoms with Crippen LogP contribution in [0.15, 0.2) is 63.2 Å². The molecule has 0 aliphatic carbocycles. The van der Waals surface area contributed by atoms with Crippen LogP contribution in [0.25, 0.3) is 28.0 Å². The lowest BCUT2D eigenvalue weighted by Crippen LogP contribution is -2.27. The molecule has 5 rings (SSSR count). The van der Waals surface area contributed by atoms with E-state index in [0.29, 0.717) is 16.9 Å². The number of nitrogens with zero attached hydrogens (tertiary/aromatic N) is 5. The number of fused-ring (bicyclic) bond motifs is 2. The Morgan fingerprint density at radius 1 is 1.00 bits per heavy atom. The molecule has 132 valence electrons. The Bertz CT molecular complexity index is 1290. The quantitative estimate of drug-likeness (QED) is 0.384. The maximum atomic E-state index is 5.95. The zero-order valence-corrected chi connectivity index (χ0v) is 15.5. The number of hydrogen-bond donors (Lipinski definition) is 1. The van der Waals surface area contributed by atoms with Crippen molar-refractivity contribution in [3.05, 3.63) is 60.0 Å². The molecule has 0 fully saturated rings. The van der Waals surface area contributed by atoms with Crippen LogP contribution in [0.5, 0.6) is 0 Å². The number of nitrogens with one attached hydrogen (secondary N) is 1. The third-order valence-electron chi connectivity index (χ3n) is 4.19. The highest BCUT2D eigenvalue weighted by Gasteiger charge is 2.20. The number of hydrogen-bond acceptors (Lipinski definition) is 6. The van der Waals surface area contributed by atoms with Gasteiger partial charge in [-0.15, -0.1) is 14.7 Å².